The molecule has 0 saturated heterocycles. The predicted octanol–water partition coefficient (Wildman–Crippen LogP) is 4.40. The number of carbonyl (C=O) groups is 1. The van der Waals surface area contributed by atoms with Crippen molar-refractivity contribution in [3.8, 4) is 0 Å². The highest BCUT2D eigenvalue weighted by molar-refractivity contribution is 5.70. The van der Waals surface area contributed by atoms with Gasteiger partial charge in [-0.2, -0.15) is 6.08 Å². The second-order valence-electron chi connectivity index (χ2n) is 5.19. The molecule has 0 aliphatic rings. The van der Waals surface area contributed by atoms with E-state index < -0.39 is 0 Å². The third-order valence-electron chi connectivity index (χ3n) is 2.90. The third-order valence-corrected chi connectivity index (χ3v) is 2.90. The molecule has 1 amide bonds. The van der Waals surface area contributed by atoms with Crippen LogP contribution in [0.1, 0.15) is 40.2 Å². The van der Waals surface area contributed by atoms with Crippen molar-refractivity contribution in [2.24, 2.45) is 0 Å². The van der Waals surface area contributed by atoms with Gasteiger partial charge in [-0.3, -0.25) is 0 Å². The lowest BCUT2D eigenvalue weighted by Crippen LogP contribution is -2.42. The first-order valence-corrected chi connectivity index (χ1v) is 7.02. The zero-order chi connectivity index (χ0) is 15.1. The van der Waals surface area contributed by atoms with E-state index in [1.807, 2.05) is 77.1 Å². The SMILES string of the molecule is C/C=C/[C-](OC(=O)N(C(C)C)C(C)C)c1ccccc1. The van der Waals surface area contributed by atoms with Gasteiger partial charge in [-0.1, -0.05) is 13.0 Å². The van der Waals surface area contributed by atoms with Crippen LogP contribution in [0, 0.1) is 6.10 Å². The first-order valence-electron chi connectivity index (χ1n) is 7.02. The predicted molar refractivity (Wildman–Crippen MR) is 82.2 cm³/mol. The minimum absolute atomic E-state index is 0.102. The maximum atomic E-state index is 12.3. The Labute approximate surface area is 122 Å². The molecule has 0 aliphatic carbocycles. The fraction of sp³-hybridized carbons (Fsp3) is 0.412. The fourth-order valence-electron chi connectivity index (χ4n) is 2.11. The first kappa shape index (κ1) is 16.2. The summed E-state index contributed by atoms with van der Waals surface area (Å²) in [5, 5.41) is 0. The number of amides is 1. The highest BCUT2D eigenvalue weighted by Crippen LogP contribution is 2.20. The third kappa shape index (κ3) is 4.34. The minimum Gasteiger partial charge on any atom is -0.459 e. The Morgan fingerprint density at radius 2 is 1.70 bits per heavy atom. The number of hydrogen-bond donors (Lipinski definition) is 0. The number of rotatable bonds is 5. The van der Waals surface area contributed by atoms with E-state index in [1.54, 1.807) is 4.90 Å². The van der Waals surface area contributed by atoms with Crippen LogP contribution in [0.25, 0.3) is 0 Å². The molecular weight excluding hydrogens is 250 g/mol. The Kier molecular flexibility index (Phi) is 6.16. The minimum atomic E-state index is -0.313. The summed E-state index contributed by atoms with van der Waals surface area (Å²) >= 11 is 0. The molecule has 0 aromatic heterocycles. The fourth-order valence-corrected chi connectivity index (χ4v) is 2.11. The topological polar surface area (TPSA) is 29.5 Å². The quantitative estimate of drug-likeness (QED) is 0.745. The van der Waals surface area contributed by atoms with Crippen molar-refractivity contribution in [1.29, 1.82) is 0 Å². The lowest BCUT2D eigenvalue weighted by Gasteiger charge is -2.32. The molecule has 0 aliphatic heterocycles. The van der Waals surface area contributed by atoms with E-state index >= 15 is 0 Å². The molecule has 0 heterocycles. The van der Waals surface area contributed by atoms with Gasteiger partial charge < -0.3 is 9.64 Å². The molecule has 1 aromatic rings. The summed E-state index contributed by atoms with van der Waals surface area (Å²) in [5.41, 5.74) is 0.895. The lowest BCUT2D eigenvalue weighted by atomic mass is 10.1. The molecule has 0 bridgehead atoms. The van der Waals surface area contributed by atoms with Crippen molar-refractivity contribution in [3.05, 3.63) is 54.2 Å². The average Bonchev–Trinajstić information content (AvgIpc) is 2.38. The highest BCUT2D eigenvalue weighted by atomic mass is 16.6. The van der Waals surface area contributed by atoms with Gasteiger partial charge in [0, 0.05) is 18.2 Å². The van der Waals surface area contributed by atoms with Crippen LogP contribution < -0.4 is 0 Å². The molecule has 1 aromatic carbocycles. The van der Waals surface area contributed by atoms with E-state index in [-0.39, 0.29) is 18.2 Å². The van der Waals surface area contributed by atoms with E-state index in [0.29, 0.717) is 6.10 Å². The Morgan fingerprint density at radius 3 is 2.15 bits per heavy atom. The van der Waals surface area contributed by atoms with E-state index in [0.717, 1.165) is 5.56 Å². The molecule has 110 valence electrons. The molecule has 0 unspecified atom stereocenters. The van der Waals surface area contributed by atoms with Crippen molar-refractivity contribution in [1.82, 2.24) is 4.90 Å². The van der Waals surface area contributed by atoms with Crippen molar-refractivity contribution in [2.45, 2.75) is 46.7 Å². The van der Waals surface area contributed by atoms with Gasteiger partial charge in [-0.05, 0) is 27.7 Å². The van der Waals surface area contributed by atoms with Crippen molar-refractivity contribution < 1.29 is 9.53 Å². The first-order chi connectivity index (χ1) is 9.47. The van der Waals surface area contributed by atoms with Crippen LogP contribution in [-0.2, 0) is 4.74 Å². The lowest BCUT2D eigenvalue weighted by molar-refractivity contribution is 0.0929. The van der Waals surface area contributed by atoms with Crippen LogP contribution in [0.5, 0.6) is 0 Å². The molecule has 0 atom stereocenters. The van der Waals surface area contributed by atoms with E-state index in [9.17, 15) is 4.79 Å². The van der Waals surface area contributed by atoms with Gasteiger partial charge in [0.15, 0.2) is 0 Å². The number of nitrogens with zero attached hydrogens (tertiary/aromatic N) is 1. The molecule has 0 N–H and O–H groups in total. The summed E-state index contributed by atoms with van der Waals surface area (Å²) in [7, 11) is 0. The second kappa shape index (κ2) is 7.63. The van der Waals surface area contributed by atoms with Gasteiger partial charge in [0.05, 0.1) is 0 Å². The molecule has 0 saturated carbocycles. The van der Waals surface area contributed by atoms with Gasteiger partial charge in [-0.15, -0.1) is 35.9 Å². The Hall–Kier alpha value is -1.90. The number of benzene rings is 1. The Balaban J connectivity index is 2.88. The largest absolute Gasteiger partial charge is 0.459 e. The molecule has 20 heavy (non-hydrogen) atoms. The molecule has 0 radical (unpaired) electrons. The summed E-state index contributed by atoms with van der Waals surface area (Å²) in [6.45, 7) is 9.84. The van der Waals surface area contributed by atoms with Crippen LogP contribution in [-0.4, -0.2) is 23.1 Å². The van der Waals surface area contributed by atoms with Gasteiger partial charge >= 0.3 is 6.09 Å². The van der Waals surface area contributed by atoms with Crippen LogP contribution in [0.4, 0.5) is 4.79 Å². The smallest absolute Gasteiger partial charge is 0.406 e. The van der Waals surface area contributed by atoms with Crippen molar-refractivity contribution in [2.75, 3.05) is 0 Å². The monoisotopic (exact) mass is 274 g/mol. The summed E-state index contributed by atoms with van der Waals surface area (Å²) < 4.78 is 5.58. The van der Waals surface area contributed by atoms with Crippen molar-refractivity contribution >= 4 is 6.09 Å². The van der Waals surface area contributed by atoms with E-state index in [1.165, 1.54) is 0 Å². The summed E-state index contributed by atoms with van der Waals surface area (Å²) in [6.07, 6.45) is 3.94. The summed E-state index contributed by atoms with van der Waals surface area (Å²) in [6, 6.07) is 9.85. The molecule has 3 heteroatoms. The van der Waals surface area contributed by atoms with Crippen LogP contribution in [0.3, 0.4) is 0 Å². The highest BCUT2D eigenvalue weighted by Gasteiger charge is 2.22. The molecule has 3 nitrogen and oxygen atoms in total. The molecule has 0 fully saturated rings. The number of allylic oxidation sites excluding steroid dienone is 1. The molecule has 1 rings (SSSR count). The van der Waals surface area contributed by atoms with Crippen LogP contribution in [0.15, 0.2) is 42.5 Å². The van der Waals surface area contributed by atoms with Crippen LogP contribution >= 0.6 is 0 Å². The van der Waals surface area contributed by atoms with Crippen LogP contribution in [0.2, 0.25) is 0 Å². The average molecular weight is 274 g/mol. The van der Waals surface area contributed by atoms with E-state index in [2.05, 4.69) is 0 Å². The molecule has 0 spiro atoms. The summed E-state index contributed by atoms with van der Waals surface area (Å²) in [5.74, 6) is 0. The number of hydrogen-bond acceptors (Lipinski definition) is 2. The zero-order valence-corrected chi connectivity index (χ0v) is 13.0. The maximum absolute atomic E-state index is 12.3. The maximum Gasteiger partial charge on any atom is 0.406 e. The zero-order valence-electron chi connectivity index (χ0n) is 13.0. The molecular formula is C17H24NO2-. The Bertz CT molecular complexity index is 430. The van der Waals surface area contributed by atoms with Crippen molar-refractivity contribution in [3.63, 3.8) is 0 Å². The van der Waals surface area contributed by atoms with Gasteiger partial charge in [-0.25, -0.2) is 4.79 Å². The number of carbonyl (C=O) groups excluding carboxylic acids is 1. The van der Waals surface area contributed by atoms with E-state index in [4.69, 9.17) is 4.74 Å². The van der Waals surface area contributed by atoms with Gasteiger partial charge in [0.2, 0.25) is 0 Å². The number of ether oxygens (including phenoxy) is 1. The summed E-state index contributed by atoms with van der Waals surface area (Å²) in [4.78, 5) is 14.1. The Morgan fingerprint density at radius 1 is 1.15 bits per heavy atom. The van der Waals surface area contributed by atoms with Gasteiger partial charge in [0.1, 0.15) is 0 Å². The second-order valence-corrected chi connectivity index (χ2v) is 5.19. The van der Waals surface area contributed by atoms with Gasteiger partial charge in [0.25, 0.3) is 0 Å². The normalized spacial score (nSPS) is 11.2. The standard InChI is InChI=1S/C17H24NO2/c1-6-10-16(15-11-8-7-9-12-15)20-17(19)18(13(2)3)14(4)5/h6-14H,1-5H3/q-1/b10-6+.